The van der Waals surface area contributed by atoms with Crippen molar-refractivity contribution in [3.63, 3.8) is 0 Å². The van der Waals surface area contributed by atoms with Gasteiger partial charge in [-0.05, 0) is 18.2 Å². The molecule has 17 heavy (non-hydrogen) atoms. The van der Waals surface area contributed by atoms with E-state index >= 15 is 0 Å². The third kappa shape index (κ3) is 1.34. The molecule has 2 aromatic heterocycles. The molecule has 0 fully saturated rings. The minimum atomic E-state index is 0.00247. The van der Waals surface area contributed by atoms with Gasteiger partial charge in [0, 0.05) is 30.9 Å². The van der Waals surface area contributed by atoms with Crippen LogP contribution in [0.1, 0.15) is 0 Å². The molecule has 0 saturated carbocycles. The molecule has 0 aliphatic heterocycles. The molecule has 0 aliphatic rings. The van der Waals surface area contributed by atoms with Crippen molar-refractivity contribution in [1.29, 1.82) is 0 Å². The Labute approximate surface area is 97.7 Å². The van der Waals surface area contributed by atoms with Crippen molar-refractivity contribution < 1.29 is 4.74 Å². The highest BCUT2D eigenvalue weighted by Gasteiger charge is 2.07. The molecular weight excluding hydrogens is 216 g/mol. The number of fused-ring (bicyclic) bond motifs is 3. The van der Waals surface area contributed by atoms with Gasteiger partial charge in [0.15, 0.2) is 0 Å². The number of benzene rings is 1. The highest BCUT2D eigenvalue weighted by Crippen LogP contribution is 2.23. The van der Waals surface area contributed by atoms with Crippen LogP contribution in [0.25, 0.3) is 16.4 Å². The maximum Gasteiger partial charge on any atom is 0.274 e. The first kappa shape index (κ1) is 9.96. The van der Waals surface area contributed by atoms with Crippen molar-refractivity contribution in [1.82, 2.24) is 8.97 Å². The van der Waals surface area contributed by atoms with Gasteiger partial charge in [0.25, 0.3) is 5.56 Å². The van der Waals surface area contributed by atoms with Gasteiger partial charge < -0.3 is 13.7 Å². The van der Waals surface area contributed by atoms with Crippen LogP contribution in [0.5, 0.6) is 5.75 Å². The Kier molecular flexibility index (Phi) is 1.98. The van der Waals surface area contributed by atoms with Gasteiger partial charge >= 0.3 is 0 Å². The van der Waals surface area contributed by atoms with Gasteiger partial charge in [-0.2, -0.15) is 0 Å². The molecule has 0 spiro atoms. The summed E-state index contributed by atoms with van der Waals surface area (Å²) in [6, 6.07) is 7.69. The SMILES string of the molecule is COc1ccc2cc3c(=O)n(C)ccn3c2c1. The molecule has 0 N–H and O–H groups in total. The lowest BCUT2D eigenvalue weighted by molar-refractivity contribution is 0.415. The predicted octanol–water partition coefficient (Wildman–Crippen LogP) is 1.80. The van der Waals surface area contributed by atoms with Gasteiger partial charge in [0.05, 0.1) is 12.6 Å². The van der Waals surface area contributed by atoms with Crippen molar-refractivity contribution in [2.24, 2.45) is 7.05 Å². The number of rotatable bonds is 1. The Morgan fingerprint density at radius 3 is 2.71 bits per heavy atom. The fourth-order valence-corrected chi connectivity index (χ4v) is 2.07. The molecule has 0 amide bonds. The smallest absolute Gasteiger partial charge is 0.274 e. The van der Waals surface area contributed by atoms with Crippen LogP contribution >= 0.6 is 0 Å². The third-order valence-corrected chi connectivity index (χ3v) is 3.03. The largest absolute Gasteiger partial charge is 0.497 e. The summed E-state index contributed by atoms with van der Waals surface area (Å²) in [7, 11) is 3.39. The van der Waals surface area contributed by atoms with E-state index in [9.17, 15) is 4.79 Å². The predicted molar refractivity (Wildman–Crippen MR) is 66.7 cm³/mol. The Morgan fingerprint density at radius 2 is 1.94 bits per heavy atom. The van der Waals surface area contributed by atoms with Crippen LogP contribution in [0.4, 0.5) is 0 Å². The van der Waals surface area contributed by atoms with E-state index < -0.39 is 0 Å². The van der Waals surface area contributed by atoms with Gasteiger partial charge in [0.2, 0.25) is 0 Å². The summed E-state index contributed by atoms with van der Waals surface area (Å²) in [5.74, 6) is 0.790. The number of ether oxygens (including phenoxy) is 1. The first-order valence-electron chi connectivity index (χ1n) is 5.35. The van der Waals surface area contributed by atoms with Crippen LogP contribution in [0, 0.1) is 0 Å². The molecule has 0 aliphatic carbocycles. The standard InChI is InChI=1S/C13H12N2O2/c1-14-5-6-15-11-8-10(17-2)4-3-9(11)7-12(15)13(14)16/h3-8H,1-2H3. The lowest BCUT2D eigenvalue weighted by atomic mass is 10.2. The van der Waals surface area contributed by atoms with Crippen molar-refractivity contribution in [2.75, 3.05) is 7.11 Å². The highest BCUT2D eigenvalue weighted by molar-refractivity contribution is 5.87. The summed E-state index contributed by atoms with van der Waals surface area (Å²) in [5.41, 5.74) is 1.66. The fourth-order valence-electron chi connectivity index (χ4n) is 2.07. The van der Waals surface area contributed by atoms with E-state index in [0.717, 1.165) is 16.7 Å². The van der Waals surface area contributed by atoms with Crippen LogP contribution in [-0.2, 0) is 7.05 Å². The zero-order valence-electron chi connectivity index (χ0n) is 9.68. The summed E-state index contributed by atoms with van der Waals surface area (Å²) in [6.45, 7) is 0. The van der Waals surface area contributed by atoms with Crippen molar-refractivity contribution in [2.45, 2.75) is 0 Å². The quantitative estimate of drug-likeness (QED) is 0.636. The summed E-state index contributed by atoms with van der Waals surface area (Å²) < 4.78 is 8.66. The zero-order valence-corrected chi connectivity index (χ0v) is 9.68. The monoisotopic (exact) mass is 228 g/mol. The zero-order chi connectivity index (χ0) is 12.0. The van der Waals surface area contributed by atoms with Gasteiger partial charge in [0.1, 0.15) is 11.3 Å². The van der Waals surface area contributed by atoms with Gasteiger partial charge in [-0.25, -0.2) is 0 Å². The van der Waals surface area contributed by atoms with E-state index in [1.54, 1.807) is 24.9 Å². The Morgan fingerprint density at radius 1 is 1.12 bits per heavy atom. The molecule has 0 unspecified atom stereocenters. The summed E-state index contributed by atoms with van der Waals surface area (Å²) >= 11 is 0. The van der Waals surface area contributed by atoms with Gasteiger partial charge in [-0.3, -0.25) is 4.79 Å². The third-order valence-electron chi connectivity index (χ3n) is 3.03. The average Bonchev–Trinajstić information content (AvgIpc) is 2.72. The summed E-state index contributed by atoms with van der Waals surface area (Å²) in [6.07, 6.45) is 3.65. The minimum Gasteiger partial charge on any atom is -0.497 e. The Balaban J connectivity index is 2.51. The molecule has 0 saturated heterocycles. The number of methoxy groups -OCH3 is 1. The van der Waals surface area contributed by atoms with E-state index in [0.29, 0.717) is 5.52 Å². The van der Waals surface area contributed by atoms with Crippen LogP contribution in [0.3, 0.4) is 0 Å². The van der Waals surface area contributed by atoms with Crippen molar-refractivity contribution >= 4 is 16.4 Å². The molecule has 0 bridgehead atoms. The van der Waals surface area contributed by atoms with E-state index in [1.165, 1.54) is 0 Å². The average molecular weight is 228 g/mol. The summed E-state index contributed by atoms with van der Waals surface area (Å²) in [4.78, 5) is 12.0. The molecule has 2 heterocycles. The number of aromatic nitrogens is 2. The van der Waals surface area contributed by atoms with Gasteiger partial charge in [-0.1, -0.05) is 0 Å². The minimum absolute atomic E-state index is 0.00247. The van der Waals surface area contributed by atoms with Crippen molar-refractivity contribution in [3.05, 3.63) is 47.0 Å². The second-order valence-corrected chi connectivity index (χ2v) is 4.04. The van der Waals surface area contributed by atoms with Crippen LogP contribution in [0.15, 0.2) is 41.5 Å². The number of aryl methyl sites for hydroxylation is 1. The lowest BCUT2D eigenvalue weighted by Crippen LogP contribution is -2.17. The van der Waals surface area contributed by atoms with Crippen molar-refractivity contribution in [3.8, 4) is 5.75 Å². The fraction of sp³-hybridized carbons (Fsp3) is 0.154. The molecule has 3 aromatic rings. The molecule has 3 rings (SSSR count). The molecule has 4 heteroatoms. The number of nitrogens with zero attached hydrogens (tertiary/aromatic N) is 2. The maximum absolute atomic E-state index is 12.0. The van der Waals surface area contributed by atoms with Crippen LogP contribution in [0.2, 0.25) is 0 Å². The van der Waals surface area contributed by atoms with E-state index in [-0.39, 0.29) is 5.56 Å². The Hall–Kier alpha value is -2.23. The first-order chi connectivity index (χ1) is 8.20. The highest BCUT2D eigenvalue weighted by atomic mass is 16.5. The molecule has 4 nitrogen and oxygen atoms in total. The molecule has 0 radical (unpaired) electrons. The second-order valence-electron chi connectivity index (χ2n) is 4.04. The molecular formula is C13H12N2O2. The Bertz CT molecular complexity index is 768. The molecule has 1 aromatic carbocycles. The first-order valence-corrected chi connectivity index (χ1v) is 5.35. The molecule has 86 valence electrons. The van der Waals surface area contributed by atoms with E-state index in [4.69, 9.17) is 4.74 Å². The number of hydrogen-bond donors (Lipinski definition) is 0. The van der Waals surface area contributed by atoms with Gasteiger partial charge in [-0.15, -0.1) is 0 Å². The topological polar surface area (TPSA) is 35.6 Å². The molecule has 0 atom stereocenters. The van der Waals surface area contributed by atoms with Crippen LogP contribution < -0.4 is 10.3 Å². The van der Waals surface area contributed by atoms with E-state index in [1.807, 2.05) is 34.9 Å². The lowest BCUT2D eigenvalue weighted by Gasteiger charge is -2.01. The van der Waals surface area contributed by atoms with E-state index in [2.05, 4.69) is 0 Å². The number of hydrogen-bond acceptors (Lipinski definition) is 2. The second kappa shape index (κ2) is 3.38. The summed E-state index contributed by atoms with van der Waals surface area (Å²) in [5, 5.41) is 1.04. The normalized spacial score (nSPS) is 11.2. The maximum atomic E-state index is 12.0. The van der Waals surface area contributed by atoms with Crippen LogP contribution in [-0.4, -0.2) is 16.1 Å².